The van der Waals surface area contributed by atoms with Crippen LogP contribution in [0.25, 0.3) is 0 Å². The lowest BCUT2D eigenvalue weighted by molar-refractivity contribution is 0.164. The van der Waals surface area contributed by atoms with Gasteiger partial charge in [0, 0.05) is 0 Å². The van der Waals surface area contributed by atoms with Crippen LogP contribution in [0.5, 0.6) is 0 Å². The van der Waals surface area contributed by atoms with Gasteiger partial charge in [-0.3, -0.25) is 0 Å². The molecule has 2 saturated carbocycles. The molecule has 0 radical (unpaired) electrons. The third-order valence-electron chi connectivity index (χ3n) is 4.13. The Morgan fingerprint density at radius 2 is 1.85 bits per heavy atom. The van der Waals surface area contributed by atoms with E-state index in [1.54, 1.807) is 0 Å². The van der Waals surface area contributed by atoms with Gasteiger partial charge in [0.2, 0.25) is 0 Å². The van der Waals surface area contributed by atoms with Gasteiger partial charge < -0.3 is 5.32 Å². The van der Waals surface area contributed by atoms with Gasteiger partial charge in [0.1, 0.15) is 0 Å². The molecular weight excluding hydrogens is 158 g/mol. The Morgan fingerprint density at radius 3 is 2.46 bits per heavy atom. The third-order valence-corrected chi connectivity index (χ3v) is 4.13. The van der Waals surface area contributed by atoms with Gasteiger partial charge in [0.25, 0.3) is 0 Å². The highest BCUT2D eigenvalue weighted by molar-refractivity contribution is 4.87. The SMILES string of the molecule is CCNCC1CCCC1C1CCC1. The quantitative estimate of drug-likeness (QED) is 0.703. The van der Waals surface area contributed by atoms with Gasteiger partial charge in [-0.25, -0.2) is 0 Å². The molecule has 2 fully saturated rings. The van der Waals surface area contributed by atoms with E-state index in [9.17, 15) is 0 Å². The smallest absolute Gasteiger partial charge is 0.00179 e. The zero-order valence-electron chi connectivity index (χ0n) is 8.89. The van der Waals surface area contributed by atoms with Gasteiger partial charge in [-0.2, -0.15) is 0 Å². The molecule has 76 valence electrons. The Kier molecular flexibility index (Phi) is 3.26. The van der Waals surface area contributed by atoms with Crippen LogP contribution in [0.3, 0.4) is 0 Å². The van der Waals surface area contributed by atoms with E-state index in [1.807, 2.05) is 0 Å². The monoisotopic (exact) mass is 181 g/mol. The molecule has 0 bridgehead atoms. The summed E-state index contributed by atoms with van der Waals surface area (Å²) in [6.45, 7) is 4.65. The predicted molar refractivity (Wildman–Crippen MR) is 56.7 cm³/mol. The molecule has 0 aromatic carbocycles. The Hall–Kier alpha value is -0.0400. The number of hydrogen-bond donors (Lipinski definition) is 1. The van der Waals surface area contributed by atoms with Crippen LogP contribution in [0.15, 0.2) is 0 Å². The second-order valence-corrected chi connectivity index (χ2v) is 4.85. The van der Waals surface area contributed by atoms with Gasteiger partial charge in [-0.1, -0.05) is 32.6 Å². The second-order valence-electron chi connectivity index (χ2n) is 4.85. The first-order valence-electron chi connectivity index (χ1n) is 6.12. The lowest BCUT2D eigenvalue weighted by Gasteiger charge is -2.35. The zero-order chi connectivity index (χ0) is 9.10. The number of nitrogens with one attached hydrogen (secondary N) is 1. The third kappa shape index (κ3) is 2.07. The molecule has 0 amide bonds. The number of rotatable bonds is 4. The maximum Gasteiger partial charge on any atom is -0.00179 e. The molecule has 13 heavy (non-hydrogen) atoms. The molecule has 2 rings (SSSR count). The molecule has 0 aromatic heterocycles. The zero-order valence-corrected chi connectivity index (χ0v) is 8.89. The van der Waals surface area contributed by atoms with Crippen molar-refractivity contribution in [3.63, 3.8) is 0 Å². The highest BCUT2D eigenvalue weighted by Gasteiger charge is 2.35. The Labute approximate surface area is 82.3 Å². The molecule has 1 nitrogen and oxygen atoms in total. The minimum atomic E-state index is 1.02. The molecule has 0 heterocycles. The van der Waals surface area contributed by atoms with Crippen molar-refractivity contribution in [3.05, 3.63) is 0 Å². The van der Waals surface area contributed by atoms with Gasteiger partial charge in [0.15, 0.2) is 0 Å². The molecule has 1 N–H and O–H groups in total. The molecule has 0 saturated heterocycles. The van der Waals surface area contributed by atoms with E-state index >= 15 is 0 Å². The molecule has 2 aliphatic rings. The first kappa shape index (κ1) is 9.51. The molecule has 1 heteroatoms. The van der Waals surface area contributed by atoms with Crippen LogP contribution in [0.2, 0.25) is 0 Å². The van der Waals surface area contributed by atoms with E-state index in [-0.39, 0.29) is 0 Å². The van der Waals surface area contributed by atoms with Crippen LogP contribution in [-0.4, -0.2) is 13.1 Å². The summed E-state index contributed by atoms with van der Waals surface area (Å²) in [7, 11) is 0. The molecule has 2 unspecified atom stereocenters. The molecule has 0 spiro atoms. The normalized spacial score (nSPS) is 34.8. The first-order chi connectivity index (χ1) is 6.42. The first-order valence-corrected chi connectivity index (χ1v) is 6.12. The fourth-order valence-corrected chi connectivity index (χ4v) is 3.14. The average Bonchev–Trinajstić information content (AvgIpc) is 2.46. The lowest BCUT2D eigenvalue weighted by Crippen LogP contribution is -2.31. The van der Waals surface area contributed by atoms with Crippen molar-refractivity contribution in [2.75, 3.05) is 13.1 Å². The van der Waals surface area contributed by atoms with Crippen molar-refractivity contribution in [1.29, 1.82) is 0 Å². The summed E-state index contributed by atoms with van der Waals surface area (Å²) >= 11 is 0. The summed E-state index contributed by atoms with van der Waals surface area (Å²) < 4.78 is 0. The Bertz CT molecular complexity index is 151. The highest BCUT2D eigenvalue weighted by atomic mass is 14.8. The minimum absolute atomic E-state index is 1.02. The lowest BCUT2D eigenvalue weighted by atomic mass is 9.72. The predicted octanol–water partition coefficient (Wildman–Crippen LogP) is 2.81. The van der Waals surface area contributed by atoms with Crippen LogP contribution >= 0.6 is 0 Å². The van der Waals surface area contributed by atoms with E-state index < -0.39 is 0 Å². The summed E-state index contributed by atoms with van der Waals surface area (Å²) in [5, 5.41) is 3.52. The van der Waals surface area contributed by atoms with Gasteiger partial charge in [0.05, 0.1) is 0 Å². The standard InChI is InChI=1S/C12H23N/c1-2-13-9-11-7-4-8-12(11)10-5-3-6-10/h10-13H,2-9H2,1H3. The summed E-state index contributed by atoms with van der Waals surface area (Å²) in [4.78, 5) is 0. The van der Waals surface area contributed by atoms with E-state index in [1.165, 1.54) is 45.1 Å². The minimum Gasteiger partial charge on any atom is -0.317 e. The maximum atomic E-state index is 3.52. The van der Waals surface area contributed by atoms with Crippen LogP contribution in [-0.2, 0) is 0 Å². The van der Waals surface area contributed by atoms with Crippen molar-refractivity contribution < 1.29 is 0 Å². The van der Waals surface area contributed by atoms with Crippen LogP contribution in [0.4, 0.5) is 0 Å². The van der Waals surface area contributed by atoms with Gasteiger partial charge in [-0.05, 0) is 43.7 Å². The molecular formula is C12H23N. The van der Waals surface area contributed by atoms with Crippen molar-refractivity contribution >= 4 is 0 Å². The molecule has 0 aliphatic heterocycles. The number of hydrogen-bond acceptors (Lipinski definition) is 1. The Balaban J connectivity index is 1.79. The van der Waals surface area contributed by atoms with Gasteiger partial charge >= 0.3 is 0 Å². The van der Waals surface area contributed by atoms with Crippen LogP contribution in [0, 0.1) is 17.8 Å². The van der Waals surface area contributed by atoms with E-state index in [2.05, 4.69) is 12.2 Å². The van der Waals surface area contributed by atoms with Crippen LogP contribution < -0.4 is 5.32 Å². The summed E-state index contributed by atoms with van der Waals surface area (Å²) in [6.07, 6.45) is 9.10. The average molecular weight is 181 g/mol. The van der Waals surface area contributed by atoms with Crippen LogP contribution in [0.1, 0.15) is 45.4 Å². The highest BCUT2D eigenvalue weighted by Crippen LogP contribution is 2.44. The largest absolute Gasteiger partial charge is 0.317 e. The summed E-state index contributed by atoms with van der Waals surface area (Å²) in [5.74, 6) is 3.23. The Morgan fingerprint density at radius 1 is 1.08 bits per heavy atom. The topological polar surface area (TPSA) is 12.0 Å². The molecule has 2 atom stereocenters. The fourth-order valence-electron chi connectivity index (χ4n) is 3.14. The van der Waals surface area contributed by atoms with Crippen molar-refractivity contribution in [2.24, 2.45) is 17.8 Å². The second kappa shape index (κ2) is 4.45. The fraction of sp³-hybridized carbons (Fsp3) is 1.00. The van der Waals surface area contributed by atoms with Gasteiger partial charge in [-0.15, -0.1) is 0 Å². The molecule has 2 aliphatic carbocycles. The van der Waals surface area contributed by atoms with E-state index in [0.717, 1.165) is 24.3 Å². The van der Waals surface area contributed by atoms with Crippen molar-refractivity contribution in [3.8, 4) is 0 Å². The summed E-state index contributed by atoms with van der Waals surface area (Å²) in [6, 6.07) is 0. The van der Waals surface area contributed by atoms with Crippen molar-refractivity contribution in [2.45, 2.75) is 45.4 Å². The van der Waals surface area contributed by atoms with Crippen molar-refractivity contribution in [1.82, 2.24) is 5.32 Å². The maximum absolute atomic E-state index is 3.52. The van der Waals surface area contributed by atoms with E-state index in [0.29, 0.717) is 0 Å². The van der Waals surface area contributed by atoms with E-state index in [4.69, 9.17) is 0 Å². The molecule has 0 aromatic rings. The summed E-state index contributed by atoms with van der Waals surface area (Å²) in [5.41, 5.74) is 0.